The van der Waals surface area contributed by atoms with Crippen LogP contribution in [-0.4, -0.2) is 19.3 Å². The smallest absolute Gasteiger partial charge is 0.235 e. The van der Waals surface area contributed by atoms with E-state index in [1.54, 1.807) is 30.3 Å². The average Bonchev–Trinajstić information content (AvgIpc) is 2.58. The van der Waals surface area contributed by atoms with Crippen LogP contribution in [-0.2, 0) is 0 Å². The molecule has 0 saturated heterocycles. The van der Waals surface area contributed by atoms with Crippen LogP contribution in [0.1, 0.15) is 0 Å². The van der Waals surface area contributed by atoms with E-state index in [4.69, 9.17) is 19.6 Å². The van der Waals surface area contributed by atoms with Gasteiger partial charge in [-0.2, -0.15) is 0 Å². The number of hydrogen-bond acceptors (Lipinski definition) is 6. The van der Waals surface area contributed by atoms with Crippen LogP contribution < -0.4 is 20.6 Å². The highest BCUT2D eigenvalue weighted by Crippen LogP contribution is 2.36. The summed E-state index contributed by atoms with van der Waals surface area (Å²) in [6.07, 6.45) is 0. The van der Waals surface area contributed by atoms with Gasteiger partial charge in [0.15, 0.2) is 17.3 Å². The summed E-state index contributed by atoms with van der Waals surface area (Å²) >= 11 is 0. The Balaban J connectivity index is 2.26. The molecule has 0 amide bonds. The Morgan fingerprint density at radius 2 is 1.78 bits per heavy atom. The maximum Gasteiger partial charge on any atom is 0.235 e. The highest BCUT2D eigenvalue weighted by atomic mass is 16.5. The van der Waals surface area contributed by atoms with Gasteiger partial charge in [-0.25, -0.2) is 0 Å². The van der Waals surface area contributed by atoms with E-state index in [2.05, 4.69) is 0 Å². The minimum absolute atomic E-state index is 0.0632. The second kappa shape index (κ2) is 5.57. The van der Waals surface area contributed by atoms with Crippen molar-refractivity contribution >= 4 is 16.7 Å². The van der Waals surface area contributed by atoms with Crippen LogP contribution in [0.4, 0.5) is 5.69 Å². The van der Waals surface area contributed by atoms with E-state index in [-0.39, 0.29) is 11.1 Å². The fourth-order valence-corrected chi connectivity index (χ4v) is 2.38. The molecule has 1 heterocycles. The van der Waals surface area contributed by atoms with Crippen molar-refractivity contribution in [2.75, 3.05) is 20.0 Å². The number of methoxy groups -OCH3 is 2. The van der Waals surface area contributed by atoms with E-state index in [0.717, 1.165) is 0 Å². The molecular formula is C17H15NO5. The van der Waals surface area contributed by atoms with Crippen molar-refractivity contribution < 1.29 is 19.0 Å². The molecule has 0 spiro atoms. The fraction of sp³-hybridized carbons (Fsp3) is 0.118. The van der Waals surface area contributed by atoms with Gasteiger partial charge < -0.3 is 24.7 Å². The summed E-state index contributed by atoms with van der Waals surface area (Å²) in [6, 6.07) is 9.65. The Labute approximate surface area is 131 Å². The third-order valence-corrected chi connectivity index (χ3v) is 3.54. The van der Waals surface area contributed by atoms with Gasteiger partial charge in [0.25, 0.3) is 0 Å². The molecule has 0 unspecified atom stereocenters. The lowest BCUT2D eigenvalue weighted by molar-refractivity contribution is 0.355. The summed E-state index contributed by atoms with van der Waals surface area (Å²) in [6.45, 7) is 0. The van der Waals surface area contributed by atoms with Crippen molar-refractivity contribution in [3.8, 4) is 28.6 Å². The minimum Gasteiger partial charge on any atom is -0.502 e. The summed E-state index contributed by atoms with van der Waals surface area (Å²) in [5.41, 5.74) is 6.39. The van der Waals surface area contributed by atoms with E-state index in [1.807, 2.05) is 0 Å². The molecule has 0 radical (unpaired) electrons. The first-order valence-electron chi connectivity index (χ1n) is 6.83. The maximum atomic E-state index is 12.3. The van der Waals surface area contributed by atoms with Crippen LogP contribution in [0.2, 0.25) is 0 Å². The minimum atomic E-state index is -0.539. The molecule has 0 atom stereocenters. The Bertz CT molecular complexity index is 946. The van der Waals surface area contributed by atoms with E-state index in [9.17, 15) is 9.90 Å². The molecule has 0 aliphatic heterocycles. The fourth-order valence-electron chi connectivity index (χ4n) is 2.38. The van der Waals surface area contributed by atoms with Crippen molar-refractivity contribution in [1.29, 1.82) is 0 Å². The van der Waals surface area contributed by atoms with Gasteiger partial charge in [0, 0.05) is 11.3 Å². The van der Waals surface area contributed by atoms with E-state index >= 15 is 0 Å². The largest absolute Gasteiger partial charge is 0.502 e. The second-order valence-corrected chi connectivity index (χ2v) is 4.93. The van der Waals surface area contributed by atoms with Gasteiger partial charge in [0.1, 0.15) is 5.58 Å². The molecule has 0 aliphatic rings. The van der Waals surface area contributed by atoms with Gasteiger partial charge >= 0.3 is 0 Å². The summed E-state index contributed by atoms with van der Waals surface area (Å²) in [5.74, 6) is 0.583. The van der Waals surface area contributed by atoms with Crippen molar-refractivity contribution in [3.63, 3.8) is 0 Å². The summed E-state index contributed by atoms with van der Waals surface area (Å²) in [7, 11) is 3.02. The number of rotatable bonds is 3. The molecule has 3 rings (SSSR count). The number of nitrogens with two attached hydrogens (primary N) is 1. The average molecular weight is 313 g/mol. The lowest BCUT2D eigenvalue weighted by atomic mass is 10.1. The zero-order valence-corrected chi connectivity index (χ0v) is 12.6. The predicted molar refractivity (Wildman–Crippen MR) is 87.1 cm³/mol. The maximum absolute atomic E-state index is 12.3. The molecule has 3 N–H and O–H groups in total. The molecule has 23 heavy (non-hydrogen) atoms. The van der Waals surface area contributed by atoms with Gasteiger partial charge in [-0.1, -0.05) is 0 Å². The van der Waals surface area contributed by atoms with Crippen LogP contribution in [0.5, 0.6) is 17.2 Å². The van der Waals surface area contributed by atoms with Crippen LogP contribution in [0.25, 0.3) is 22.3 Å². The van der Waals surface area contributed by atoms with Gasteiger partial charge in [0.05, 0.1) is 19.6 Å². The van der Waals surface area contributed by atoms with Crippen LogP contribution in [0.3, 0.4) is 0 Å². The van der Waals surface area contributed by atoms with Crippen LogP contribution in [0.15, 0.2) is 45.6 Å². The molecule has 6 nitrogen and oxygen atoms in total. The Morgan fingerprint density at radius 3 is 2.48 bits per heavy atom. The van der Waals surface area contributed by atoms with Crippen molar-refractivity contribution in [3.05, 3.63) is 46.6 Å². The Hall–Kier alpha value is -3.15. The quantitative estimate of drug-likeness (QED) is 0.722. The monoisotopic (exact) mass is 313 g/mol. The molecular weight excluding hydrogens is 298 g/mol. The van der Waals surface area contributed by atoms with Crippen LogP contribution >= 0.6 is 0 Å². The van der Waals surface area contributed by atoms with Crippen molar-refractivity contribution in [2.45, 2.75) is 0 Å². The topological polar surface area (TPSA) is 94.9 Å². The number of hydrogen-bond donors (Lipinski definition) is 2. The zero-order valence-electron chi connectivity index (χ0n) is 12.6. The molecule has 0 aliphatic carbocycles. The number of benzene rings is 2. The number of anilines is 1. The second-order valence-electron chi connectivity index (χ2n) is 4.93. The van der Waals surface area contributed by atoms with Gasteiger partial charge in [-0.15, -0.1) is 0 Å². The first-order chi connectivity index (χ1) is 11.0. The molecule has 0 fully saturated rings. The van der Waals surface area contributed by atoms with Gasteiger partial charge in [-0.05, 0) is 36.4 Å². The van der Waals surface area contributed by atoms with Crippen molar-refractivity contribution in [1.82, 2.24) is 0 Å². The van der Waals surface area contributed by atoms with E-state index in [0.29, 0.717) is 28.3 Å². The number of ether oxygens (including phenoxy) is 2. The first kappa shape index (κ1) is 14.8. The normalized spacial score (nSPS) is 10.7. The zero-order chi connectivity index (χ0) is 16.6. The highest BCUT2D eigenvalue weighted by Gasteiger charge is 2.17. The molecule has 6 heteroatoms. The van der Waals surface area contributed by atoms with Gasteiger partial charge in [0.2, 0.25) is 11.2 Å². The Morgan fingerprint density at radius 1 is 1.04 bits per heavy atom. The Kier molecular flexibility index (Phi) is 3.57. The highest BCUT2D eigenvalue weighted by molar-refractivity contribution is 5.84. The predicted octanol–water partition coefficient (Wildman–Crippen LogP) is 2.76. The third-order valence-electron chi connectivity index (χ3n) is 3.54. The first-order valence-corrected chi connectivity index (χ1v) is 6.83. The van der Waals surface area contributed by atoms with Gasteiger partial charge in [-0.3, -0.25) is 4.79 Å². The molecule has 0 bridgehead atoms. The lowest BCUT2D eigenvalue weighted by Crippen LogP contribution is -2.03. The van der Waals surface area contributed by atoms with Crippen LogP contribution in [0, 0.1) is 0 Å². The molecule has 3 aromatic rings. The number of nitrogen functional groups attached to an aromatic ring is 1. The lowest BCUT2D eigenvalue weighted by Gasteiger charge is -2.10. The molecule has 2 aromatic carbocycles. The summed E-state index contributed by atoms with van der Waals surface area (Å²) in [5, 5.41) is 10.4. The van der Waals surface area contributed by atoms with E-state index < -0.39 is 11.2 Å². The summed E-state index contributed by atoms with van der Waals surface area (Å²) < 4.78 is 16.1. The standard InChI is InChI=1S/C17H15NO5/c1-21-13-5-3-9(7-14(13)22-2)17-16(20)15(19)11-8-10(18)4-6-12(11)23-17/h3-8,20H,18H2,1-2H3. The third kappa shape index (κ3) is 2.44. The molecule has 1 aromatic heterocycles. The van der Waals surface area contributed by atoms with E-state index in [1.165, 1.54) is 20.3 Å². The SMILES string of the molecule is COc1ccc(-c2oc3ccc(N)cc3c(=O)c2O)cc1OC. The number of aromatic hydroxyl groups is 1. The molecule has 118 valence electrons. The number of fused-ring (bicyclic) bond motifs is 1. The summed E-state index contributed by atoms with van der Waals surface area (Å²) in [4.78, 5) is 12.3. The molecule has 0 saturated carbocycles. The van der Waals surface area contributed by atoms with Crippen molar-refractivity contribution in [2.24, 2.45) is 0 Å².